The van der Waals surface area contributed by atoms with Crippen LogP contribution in [0.3, 0.4) is 0 Å². The van der Waals surface area contributed by atoms with Crippen LogP contribution >= 0.6 is 11.6 Å². The molecule has 0 saturated heterocycles. The summed E-state index contributed by atoms with van der Waals surface area (Å²) in [5.41, 5.74) is -0.679. The van der Waals surface area contributed by atoms with E-state index in [4.69, 9.17) is 16.3 Å². The first-order valence-corrected chi connectivity index (χ1v) is 4.91. The predicted molar refractivity (Wildman–Crippen MR) is 49.9 cm³/mol. The number of hydrogen-bond acceptors (Lipinski definition) is 3. The molecular formula is C9H8ClF3N2O. The molecular weight excluding hydrogens is 245 g/mol. The van der Waals surface area contributed by atoms with E-state index >= 15 is 0 Å². The molecule has 1 aromatic heterocycles. The molecule has 0 aromatic carbocycles. The number of ether oxygens (including phenoxy) is 1. The molecule has 7 heteroatoms. The van der Waals surface area contributed by atoms with Crippen molar-refractivity contribution in [3.05, 3.63) is 22.7 Å². The first kappa shape index (κ1) is 11.6. The number of alkyl halides is 3. The standard InChI is InChI=1S/C9H8ClF3N2O/c1-8(4-9(11,12)13)6-5(3-16-8)2-14-7(10)15-6/h2H,3-4H2,1H3. The van der Waals surface area contributed by atoms with Gasteiger partial charge in [-0.15, -0.1) is 0 Å². The Labute approximate surface area is 94.6 Å². The van der Waals surface area contributed by atoms with Gasteiger partial charge in [-0.05, 0) is 18.5 Å². The van der Waals surface area contributed by atoms with Gasteiger partial charge >= 0.3 is 6.18 Å². The average molecular weight is 253 g/mol. The van der Waals surface area contributed by atoms with Gasteiger partial charge < -0.3 is 4.74 Å². The molecule has 88 valence electrons. The van der Waals surface area contributed by atoms with Crippen molar-refractivity contribution < 1.29 is 17.9 Å². The van der Waals surface area contributed by atoms with Crippen molar-refractivity contribution in [1.82, 2.24) is 9.97 Å². The minimum atomic E-state index is -4.31. The zero-order valence-corrected chi connectivity index (χ0v) is 9.06. The number of aromatic nitrogens is 2. The second-order valence-corrected chi connectivity index (χ2v) is 4.16. The van der Waals surface area contributed by atoms with E-state index in [9.17, 15) is 13.2 Å². The molecule has 0 aliphatic carbocycles. The number of nitrogens with zero attached hydrogens (tertiary/aromatic N) is 2. The lowest BCUT2D eigenvalue weighted by Crippen LogP contribution is -2.29. The Morgan fingerprint density at radius 2 is 2.25 bits per heavy atom. The zero-order chi connectivity index (χ0) is 12.0. The number of fused-ring (bicyclic) bond motifs is 1. The molecule has 1 aromatic rings. The van der Waals surface area contributed by atoms with Crippen LogP contribution in [0.5, 0.6) is 0 Å². The molecule has 0 spiro atoms. The van der Waals surface area contributed by atoms with Gasteiger partial charge in [0.25, 0.3) is 0 Å². The molecule has 0 saturated carbocycles. The summed E-state index contributed by atoms with van der Waals surface area (Å²) in [5.74, 6) is 0. The van der Waals surface area contributed by atoms with Gasteiger partial charge in [0.15, 0.2) is 0 Å². The molecule has 0 radical (unpaired) electrons. The maximum Gasteiger partial charge on any atom is 0.392 e. The van der Waals surface area contributed by atoms with Crippen LogP contribution in [0.1, 0.15) is 24.6 Å². The van der Waals surface area contributed by atoms with Gasteiger partial charge in [-0.1, -0.05) is 0 Å². The summed E-state index contributed by atoms with van der Waals surface area (Å²) in [7, 11) is 0. The molecule has 1 atom stereocenters. The highest BCUT2D eigenvalue weighted by molar-refractivity contribution is 6.28. The fraction of sp³-hybridized carbons (Fsp3) is 0.556. The molecule has 0 fully saturated rings. The van der Waals surface area contributed by atoms with Gasteiger partial charge in [0.05, 0.1) is 18.7 Å². The van der Waals surface area contributed by atoms with E-state index in [0.717, 1.165) is 0 Å². The molecule has 1 aliphatic rings. The summed E-state index contributed by atoms with van der Waals surface area (Å²) < 4.78 is 42.3. The molecule has 1 unspecified atom stereocenters. The molecule has 3 nitrogen and oxygen atoms in total. The molecule has 16 heavy (non-hydrogen) atoms. The lowest BCUT2D eigenvalue weighted by atomic mass is 9.97. The van der Waals surface area contributed by atoms with Gasteiger partial charge in [-0.25, -0.2) is 9.97 Å². The molecule has 1 aliphatic heterocycles. The molecule has 0 N–H and O–H groups in total. The van der Waals surface area contributed by atoms with E-state index in [-0.39, 0.29) is 17.6 Å². The van der Waals surface area contributed by atoms with Crippen molar-refractivity contribution in [3.63, 3.8) is 0 Å². The number of hydrogen-bond donors (Lipinski definition) is 0. The normalized spacial score (nSPS) is 24.6. The Hall–Kier alpha value is -0.880. The predicted octanol–water partition coefficient (Wildman–Crippen LogP) is 2.83. The van der Waals surface area contributed by atoms with Crippen molar-refractivity contribution in [1.29, 1.82) is 0 Å². The summed E-state index contributed by atoms with van der Waals surface area (Å²) in [5, 5.41) is -0.0716. The van der Waals surface area contributed by atoms with Crippen molar-refractivity contribution in [2.45, 2.75) is 31.7 Å². The molecule has 0 bridgehead atoms. The van der Waals surface area contributed by atoms with Crippen molar-refractivity contribution in [2.24, 2.45) is 0 Å². The van der Waals surface area contributed by atoms with Gasteiger partial charge in [-0.3, -0.25) is 0 Å². The lowest BCUT2D eigenvalue weighted by Gasteiger charge is -2.24. The van der Waals surface area contributed by atoms with E-state index in [1.165, 1.54) is 13.1 Å². The topological polar surface area (TPSA) is 35.0 Å². The third-order valence-corrected chi connectivity index (χ3v) is 2.60. The highest BCUT2D eigenvalue weighted by atomic mass is 35.5. The third kappa shape index (κ3) is 2.12. The molecule has 2 rings (SSSR count). The van der Waals surface area contributed by atoms with Crippen LogP contribution in [-0.2, 0) is 16.9 Å². The average Bonchev–Trinajstić information content (AvgIpc) is 2.41. The summed E-state index contributed by atoms with van der Waals surface area (Å²) >= 11 is 5.56. The van der Waals surface area contributed by atoms with Crippen LogP contribution in [-0.4, -0.2) is 16.1 Å². The molecule has 0 amide bonds. The fourth-order valence-electron chi connectivity index (χ4n) is 1.77. The van der Waals surface area contributed by atoms with Crippen LogP contribution in [0.4, 0.5) is 13.2 Å². The van der Waals surface area contributed by atoms with Crippen molar-refractivity contribution >= 4 is 11.6 Å². The highest BCUT2D eigenvalue weighted by Gasteiger charge is 2.46. The summed E-state index contributed by atoms with van der Waals surface area (Å²) in [6.45, 7) is 1.44. The van der Waals surface area contributed by atoms with Crippen molar-refractivity contribution in [2.75, 3.05) is 0 Å². The minimum Gasteiger partial charge on any atom is -0.364 e. The quantitative estimate of drug-likeness (QED) is 0.721. The summed E-state index contributed by atoms with van der Waals surface area (Å²) in [6, 6.07) is 0. The van der Waals surface area contributed by atoms with Crippen LogP contribution in [0.2, 0.25) is 5.28 Å². The number of rotatable bonds is 1. The Morgan fingerprint density at radius 3 is 2.88 bits per heavy atom. The van der Waals surface area contributed by atoms with Gasteiger partial charge in [0.1, 0.15) is 5.60 Å². The van der Waals surface area contributed by atoms with E-state index in [1.54, 1.807) is 0 Å². The Kier molecular flexibility index (Phi) is 2.58. The maximum atomic E-state index is 12.4. The highest BCUT2D eigenvalue weighted by Crippen LogP contribution is 2.42. The lowest BCUT2D eigenvalue weighted by molar-refractivity contribution is -0.185. The maximum absolute atomic E-state index is 12.4. The van der Waals surface area contributed by atoms with E-state index in [0.29, 0.717) is 5.56 Å². The van der Waals surface area contributed by atoms with Gasteiger partial charge in [0.2, 0.25) is 5.28 Å². The first-order chi connectivity index (χ1) is 7.30. The van der Waals surface area contributed by atoms with Gasteiger partial charge in [-0.2, -0.15) is 13.2 Å². The van der Waals surface area contributed by atoms with Crippen LogP contribution in [0.15, 0.2) is 6.20 Å². The largest absolute Gasteiger partial charge is 0.392 e. The first-order valence-electron chi connectivity index (χ1n) is 4.53. The fourth-order valence-corrected chi connectivity index (χ4v) is 1.90. The summed E-state index contributed by atoms with van der Waals surface area (Å²) in [6.07, 6.45) is -4.00. The van der Waals surface area contributed by atoms with Crippen LogP contribution in [0.25, 0.3) is 0 Å². The second-order valence-electron chi connectivity index (χ2n) is 3.82. The Bertz CT molecular complexity index is 424. The molecule has 2 heterocycles. The van der Waals surface area contributed by atoms with Crippen LogP contribution in [0, 0.1) is 0 Å². The SMILES string of the molecule is CC1(CC(F)(F)F)OCc2cnc(Cl)nc21. The van der Waals surface area contributed by atoms with Crippen LogP contribution < -0.4 is 0 Å². The Morgan fingerprint density at radius 1 is 1.56 bits per heavy atom. The summed E-state index contributed by atoms with van der Waals surface area (Å²) in [4.78, 5) is 7.53. The van der Waals surface area contributed by atoms with Crippen molar-refractivity contribution in [3.8, 4) is 0 Å². The van der Waals surface area contributed by atoms with E-state index < -0.39 is 18.2 Å². The Balaban J connectivity index is 2.38. The van der Waals surface area contributed by atoms with Gasteiger partial charge in [0, 0.05) is 11.8 Å². The van der Waals surface area contributed by atoms with E-state index in [1.807, 2.05) is 0 Å². The number of halogens is 4. The third-order valence-electron chi connectivity index (χ3n) is 2.42. The second kappa shape index (κ2) is 3.56. The monoisotopic (exact) mass is 252 g/mol. The minimum absolute atomic E-state index is 0.0716. The van der Waals surface area contributed by atoms with E-state index in [2.05, 4.69) is 9.97 Å². The smallest absolute Gasteiger partial charge is 0.364 e. The zero-order valence-electron chi connectivity index (χ0n) is 8.31.